The van der Waals surface area contributed by atoms with E-state index < -0.39 is 24.3 Å². The predicted octanol–water partition coefficient (Wildman–Crippen LogP) is 23.9. The number of ether oxygens (including phenoxy) is 2. The lowest BCUT2D eigenvalue weighted by atomic mass is 9.84. The Morgan fingerprint density at radius 1 is 0.315 bits per heavy atom. The van der Waals surface area contributed by atoms with Crippen molar-refractivity contribution in [2.45, 2.75) is 322 Å². The van der Waals surface area contributed by atoms with Crippen LogP contribution in [0.5, 0.6) is 0 Å². The summed E-state index contributed by atoms with van der Waals surface area (Å²) >= 11 is 0. The Labute approximate surface area is 857 Å². The zero-order valence-electron chi connectivity index (χ0n) is 87.3. The van der Waals surface area contributed by atoms with Gasteiger partial charge in [-0.25, -0.2) is 29.5 Å². The van der Waals surface area contributed by atoms with E-state index in [0.29, 0.717) is 23.7 Å². The van der Waals surface area contributed by atoms with Crippen molar-refractivity contribution in [2.24, 2.45) is 59.2 Å². The summed E-state index contributed by atoms with van der Waals surface area (Å²) in [6.07, 6.45) is 27.5. The summed E-state index contributed by atoms with van der Waals surface area (Å²) in [6.45, 7) is 19.3. The maximum Gasteiger partial charge on any atom is 0.407 e. The number of amides is 6. The summed E-state index contributed by atoms with van der Waals surface area (Å²) in [5, 5.41) is 5.68. The number of alkyl carbamates (subject to hydrolysis) is 2. The highest BCUT2D eigenvalue weighted by Crippen LogP contribution is 2.54. The minimum atomic E-state index is -0.690. The van der Waals surface area contributed by atoms with Gasteiger partial charge in [-0.3, -0.25) is 19.2 Å². The second-order valence-electron chi connectivity index (χ2n) is 46.0. The maximum absolute atomic E-state index is 14.5. The third-order valence-corrected chi connectivity index (χ3v) is 35.3. The maximum atomic E-state index is 14.5. The van der Waals surface area contributed by atoms with Crippen LogP contribution in [0.25, 0.3) is 88.6 Å². The van der Waals surface area contributed by atoms with Gasteiger partial charge in [0.15, 0.2) is 0 Å². The van der Waals surface area contributed by atoms with Crippen LogP contribution in [0.3, 0.4) is 0 Å². The first kappa shape index (κ1) is 99.4. The van der Waals surface area contributed by atoms with Crippen LogP contribution >= 0.6 is 0 Å². The van der Waals surface area contributed by atoms with Crippen LogP contribution in [0.2, 0.25) is 0 Å². The van der Waals surface area contributed by atoms with Gasteiger partial charge in [0, 0.05) is 48.8 Å². The van der Waals surface area contributed by atoms with E-state index in [4.69, 9.17) is 29.4 Å². The van der Waals surface area contributed by atoms with Gasteiger partial charge in [0.2, 0.25) is 23.6 Å². The summed E-state index contributed by atoms with van der Waals surface area (Å²) in [4.78, 5) is 152. The largest absolute Gasteiger partial charge is 0.453 e. The van der Waals surface area contributed by atoms with Gasteiger partial charge in [-0.15, -0.1) is 0 Å². The van der Waals surface area contributed by atoms with Crippen LogP contribution in [0.1, 0.15) is 302 Å². The number of carbonyl (C=O) groups excluding carboxylic acids is 8. The van der Waals surface area contributed by atoms with Gasteiger partial charge < -0.3 is 69.2 Å². The van der Waals surface area contributed by atoms with Crippen LogP contribution < -0.4 is 10.6 Å². The van der Waals surface area contributed by atoms with E-state index in [-0.39, 0.29) is 132 Å². The number of nitrogens with zero attached hydrogens (tertiary/aromatic N) is 8. The molecule has 4 saturated heterocycles. The number of rotatable bonds is 22. The topological polar surface area (TPSA) is 307 Å². The Hall–Kier alpha value is -12.6. The van der Waals surface area contributed by atoms with Crippen molar-refractivity contribution in [1.82, 2.24) is 70.1 Å². The molecule has 24 nitrogen and oxygen atoms in total. The average Bonchev–Trinajstić information content (AvgIpc) is 1.61. The van der Waals surface area contributed by atoms with Crippen molar-refractivity contribution in [3.8, 4) is 44.5 Å². The van der Waals surface area contributed by atoms with E-state index >= 15 is 0 Å². The SMILES string of the molecule is COC(=O)N[C@H](C(=O)N1[C@H](c2nc3ccc(-c4cc5ccc4CCc4ccc(c(-c6ccc7nc([C@@H]8C[C@@H]9CCCC[C@@H]9N8C(=O)[C@@H](CC(C)=O)C(C)C)[nH]c7c6)c4)CC5)cc3[nH]2)C[C@@H]2CCCC[C@@H]21)C(C)C.COC(=O)N[C@H](C(=O)N1[C@H](c2nc3ccc(-c4cc5ccc4CCc4ccc(c(-c6ccc7nc([C@@H]8C[C@@H]9CCCC[C@@H]9N8C(=O)[C@@H](CC(C)=O)C(C)C)[nH]c7c6)c4)CC5)cc3[nH]2)C[C@@H]2CCCC[C@@H]21)C(C)C. The van der Waals surface area contributed by atoms with Crippen LogP contribution in [0.15, 0.2) is 146 Å². The van der Waals surface area contributed by atoms with Gasteiger partial charge in [0.1, 0.15) is 46.9 Å². The minimum Gasteiger partial charge on any atom is -0.453 e. The first-order chi connectivity index (χ1) is 70.6. The number of benzene rings is 8. The summed E-state index contributed by atoms with van der Waals surface area (Å²) in [5.74, 6) is 4.57. The normalized spacial score (nSPS) is 23.6. The molecule has 8 heterocycles. The van der Waals surface area contributed by atoms with Crippen LogP contribution in [-0.4, -0.2) is 157 Å². The minimum absolute atomic E-state index is 0.0630. The van der Waals surface area contributed by atoms with E-state index in [2.05, 4.69) is 223 Å². The molecule has 16 aliphatic rings. The van der Waals surface area contributed by atoms with Crippen molar-refractivity contribution < 1.29 is 47.8 Å². The fourth-order valence-electron chi connectivity index (χ4n) is 27.6. The van der Waals surface area contributed by atoms with Gasteiger partial charge in [0.25, 0.3) is 0 Å². The molecule has 8 aromatic carbocycles. The van der Waals surface area contributed by atoms with Gasteiger partial charge in [-0.2, -0.15) is 0 Å². The van der Waals surface area contributed by atoms with Gasteiger partial charge in [-0.1, -0.05) is 204 Å². The number of nitrogens with one attached hydrogen (secondary N) is 6. The molecule has 4 aromatic heterocycles. The molecule has 4 saturated carbocycles. The summed E-state index contributed by atoms with van der Waals surface area (Å²) in [5.41, 5.74) is 27.4. The number of ketones is 2. The third-order valence-electron chi connectivity index (χ3n) is 35.3. The lowest BCUT2D eigenvalue weighted by molar-refractivity contribution is -0.143. The van der Waals surface area contributed by atoms with E-state index in [9.17, 15) is 38.4 Å². The van der Waals surface area contributed by atoms with Crippen LogP contribution in [-0.2, 0) is 89.6 Å². The number of fused-ring (bicyclic) bond motifs is 8. The van der Waals surface area contributed by atoms with E-state index in [1.54, 1.807) is 13.8 Å². The molecular weight excluding hydrogens is 1820 g/mol. The zero-order chi connectivity index (χ0) is 101. The van der Waals surface area contributed by atoms with Gasteiger partial charge in [0.05, 0.1) is 82.5 Å². The smallest absolute Gasteiger partial charge is 0.407 e. The molecule has 6 amide bonds. The average molecular weight is 1970 g/mol. The van der Waals surface area contributed by atoms with Gasteiger partial charge >= 0.3 is 12.2 Å². The molecule has 0 spiro atoms. The highest BCUT2D eigenvalue weighted by atomic mass is 16.5. The number of aromatic amines is 4. The molecule has 24 heteroatoms. The highest BCUT2D eigenvalue weighted by molar-refractivity contribution is 5.93. The standard InChI is InChI=1S/2C61H73N7O5/c2*1-34(2)45(27-36(5)69)59(70)67-52-13-9-7-11-43(52)32-54(67)57-62-48-25-23-41(30-50(48)64-57)46-28-37-15-19-39(46)20-16-38-18-22-40(21-17-37)47(29-38)42-24-26-49-51(31-42)65-58(63-49)55-33-44-12-8-10-14-53(44)68(55)60(71)56(35(3)4)66-61(72)73-6/h2*15,18-19,22-26,28-31,34-35,43-45,52-56H,7-14,16-17,20-21,27,32-33H2,1-6H3,(H,62,64)(H,63,65)(H,66,72)/t2*43-,44-,45-,52-,53-,54-,55-,56-/m00/s1. The number of likely N-dealkylation sites (tertiary alicyclic amines) is 4. The number of carbonyl (C=O) groups is 8. The third kappa shape index (κ3) is 19.9. The molecule has 146 heavy (non-hydrogen) atoms. The molecule has 0 unspecified atom stereocenters. The number of imidazole rings is 4. The first-order valence-electron chi connectivity index (χ1n) is 55.1. The second kappa shape index (κ2) is 42.0. The number of aromatic nitrogens is 8. The van der Waals surface area contributed by atoms with Crippen molar-refractivity contribution >= 4 is 91.5 Å². The van der Waals surface area contributed by atoms with Crippen molar-refractivity contribution in [3.63, 3.8) is 0 Å². The fourth-order valence-corrected chi connectivity index (χ4v) is 27.6. The van der Waals surface area contributed by atoms with Crippen molar-refractivity contribution in [1.29, 1.82) is 0 Å². The molecule has 6 N–H and O–H groups in total. The lowest BCUT2D eigenvalue weighted by Crippen LogP contribution is -2.53. The Bertz CT molecular complexity index is 6560. The molecule has 764 valence electrons. The Kier molecular flexibility index (Phi) is 28.6. The number of Topliss-reactive ketones (excluding diaryl/α,β-unsaturated/α-hetero) is 2. The second-order valence-corrected chi connectivity index (χ2v) is 46.0. The monoisotopic (exact) mass is 1970 g/mol. The van der Waals surface area contributed by atoms with Crippen LogP contribution in [0, 0.1) is 59.2 Å². The molecule has 4 aliphatic heterocycles. The number of H-pyrrole nitrogens is 4. The predicted molar refractivity (Wildman–Crippen MR) is 571 cm³/mol. The van der Waals surface area contributed by atoms with E-state index in [1.807, 2.05) is 27.7 Å². The number of aryl methyl sites for hydroxylation is 8. The number of hydrogen-bond donors (Lipinski definition) is 6. The quantitative estimate of drug-likeness (QED) is 0.0368. The molecule has 8 fully saturated rings. The van der Waals surface area contributed by atoms with E-state index in [1.165, 1.54) is 107 Å². The molecule has 12 aliphatic carbocycles. The molecule has 0 radical (unpaired) electrons. The summed E-state index contributed by atoms with van der Waals surface area (Å²) in [6, 6.07) is 53.0. The van der Waals surface area contributed by atoms with Crippen molar-refractivity contribution in [2.75, 3.05) is 14.2 Å². The molecule has 28 rings (SSSR count). The lowest BCUT2D eigenvalue weighted by Gasteiger charge is -2.36. The number of methoxy groups -OCH3 is 2. The Morgan fingerprint density at radius 2 is 0.562 bits per heavy atom. The molecule has 8 bridgehead atoms. The molecule has 12 aromatic rings. The molecular formula is C122H146N14O10. The Balaban J connectivity index is 0.000000172. The zero-order valence-corrected chi connectivity index (χ0v) is 87.3. The number of hydrogen-bond acceptors (Lipinski definition) is 14. The highest BCUT2D eigenvalue weighted by Gasteiger charge is 2.54. The Morgan fingerprint density at radius 3 is 0.795 bits per heavy atom. The molecule has 16 atom stereocenters. The first-order valence-corrected chi connectivity index (χ1v) is 55.1. The van der Waals surface area contributed by atoms with Gasteiger partial charge in [-0.05, 0) is 327 Å². The fraction of sp³-hybridized carbons (Fsp3) is 0.508. The van der Waals surface area contributed by atoms with Crippen molar-refractivity contribution in [3.05, 3.63) is 213 Å². The van der Waals surface area contributed by atoms with E-state index in [0.717, 1.165) is 244 Å². The van der Waals surface area contributed by atoms with Crippen LogP contribution in [0.4, 0.5) is 9.59 Å². The summed E-state index contributed by atoms with van der Waals surface area (Å²) < 4.78 is 9.87. The summed E-state index contributed by atoms with van der Waals surface area (Å²) in [7, 11) is 2.67.